The van der Waals surface area contributed by atoms with Crippen LogP contribution in [0.1, 0.15) is 70.1 Å². The molecule has 0 bridgehead atoms. The normalized spacial score (nSPS) is 37.7. The summed E-state index contributed by atoms with van der Waals surface area (Å²) < 4.78 is 39.3. The molecule has 2 heterocycles. The van der Waals surface area contributed by atoms with Gasteiger partial charge in [0, 0.05) is 16.7 Å². The van der Waals surface area contributed by atoms with Gasteiger partial charge in [0.2, 0.25) is 11.1 Å². The van der Waals surface area contributed by atoms with Crippen molar-refractivity contribution in [1.82, 2.24) is 14.8 Å². The van der Waals surface area contributed by atoms with E-state index in [9.17, 15) is 24.3 Å². The lowest BCUT2D eigenvalue weighted by Crippen LogP contribution is -2.70. The lowest BCUT2D eigenvalue weighted by molar-refractivity contribution is -0.229. The zero-order valence-electron chi connectivity index (χ0n) is 24.2. The molecule has 0 aromatic carbocycles. The van der Waals surface area contributed by atoms with Crippen molar-refractivity contribution in [1.29, 1.82) is 5.26 Å². The first-order chi connectivity index (χ1) is 20.5. The van der Waals surface area contributed by atoms with Crippen LogP contribution < -0.4 is 0 Å². The number of halogens is 2. The number of allylic oxidation sites excluding steroid dienone is 1. The highest BCUT2D eigenvalue weighted by Gasteiger charge is 2.76. The number of carbonyl (C=O) groups excluding carboxylic acids is 2. The zero-order chi connectivity index (χ0) is 30.4. The quantitative estimate of drug-likeness (QED) is 0.367. The third-order valence-electron chi connectivity index (χ3n) is 11.4. The van der Waals surface area contributed by atoms with E-state index in [0.29, 0.717) is 31.4 Å². The van der Waals surface area contributed by atoms with Crippen molar-refractivity contribution in [2.75, 3.05) is 5.75 Å². The Hall–Kier alpha value is -3.10. The van der Waals surface area contributed by atoms with Gasteiger partial charge < -0.3 is 9.84 Å². The van der Waals surface area contributed by atoms with Gasteiger partial charge in [0.1, 0.15) is 5.67 Å². The second kappa shape index (κ2) is 9.70. The minimum Gasteiger partial charge on any atom is -0.449 e. The molecule has 0 amide bonds. The monoisotopic (exact) mass is 608 g/mol. The molecule has 2 aromatic heterocycles. The Kier molecular flexibility index (Phi) is 6.46. The van der Waals surface area contributed by atoms with E-state index in [2.05, 4.69) is 10.1 Å². The highest BCUT2D eigenvalue weighted by atomic mass is 32.2. The molecule has 8 nitrogen and oxygen atoms in total. The number of aliphatic hydroxyl groups is 1. The van der Waals surface area contributed by atoms with Crippen LogP contribution in [0.25, 0.3) is 11.8 Å². The molecule has 7 rings (SSSR count). The standard InChI is InChI=1S/C32H34F2N4O4S/c1-29-14-19-16-37-38(21-6-8-26(33)36-17-21)24(19)13-20(29)5-7-23-22-9-10-31(28(41)43-12-11-35,42-27(40)18-3-4-18)30(22,2)15-25(39)32(23,29)34/h6,8,13,16-18,22-23,25,39H,3-5,7,9-10,12,14-15H2,1-2H3/t22-,23-,25?,29-,30?,31-,32-/m0/s1. The zero-order valence-corrected chi connectivity index (χ0v) is 25.0. The number of carbonyl (C=O) groups is 2. The fourth-order valence-electron chi connectivity index (χ4n) is 9.08. The summed E-state index contributed by atoms with van der Waals surface area (Å²) >= 11 is 0.845. The molecule has 5 aliphatic carbocycles. The largest absolute Gasteiger partial charge is 0.449 e. The van der Waals surface area contributed by atoms with E-state index in [0.717, 1.165) is 41.4 Å². The molecule has 2 unspecified atom stereocenters. The maximum Gasteiger partial charge on any atom is 0.309 e. The van der Waals surface area contributed by atoms with Crippen LogP contribution in [-0.2, 0) is 20.7 Å². The average Bonchev–Trinajstić information content (AvgIpc) is 3.70. The molecule has 0 saturated heterocycles. The van der Waals surface area contributed by atoms with Crippen molar-refractivity contribution in [3.8, 4) is 11.8 Å². The molecule has 5 aliphatic rings. The first-order valence-corrected chi connectivity index (χ1v) is 16.0. The number of pyridine rings is 1. The van der Waals surface area contributed by atoms with E-state index < -0.39 is 46.0 Å². The Balaban J connectivity index is 1.26. The summed E-state index contributed by atoms with van der Waals surface area (Å²) in [5.74, 6) is -2.16. The van der Waals surface area contributed by atoms with E-state index in [4.69, 9.17) is 4.74 Å². The van der Waals surface area contributed by atoms with Crippen molar-refractivity contribution >= 4 is 28.9 Å². The van der Waals surface area contributed by atoms with Crippen molar-refractivity contribution < 1.29 is 28.2 Å². The molecular weight excluding hydrogens is 574 g/mol. The van der Waals surface area contributed by atoms with Crippen LogP contribution in [0.5, 0.6) is 0 Å². The molecule has 4 fully saturated rings. The average molecular weight is 609 g/mol. The second-order valence-corrected chi connectivity index (χ2v) is 14.4. The molecule has 1 N–H and O–H groups in total. The van der Waals surface area contributed by atoms with Gasteiger partial charge in [-0.1, -0.05) is 31.2 Å². The van der Waals surface area contributed by atoms with Crippen molar-refractivity contribution in [3.05, 3.63) is 47.3 Å². The van der Waals surface area contributed by atoms with E-state index in [1.807, 2.05) is 26.0 Å². The number of nitriles is 1. The van der Waals surface area contributed by atoms with Crippen molar-refractivity contribution in [2.24, 2.45) is 28.6 Å². The van der Waals surface area contributed by atoms with Crippen molar-refractivity contribution in [2.45, 2.75) is 82.6 Å². The van der Waals surface area contributed by atoms with Gasteiger partial charge in [-0.25, -0.2) is 14.1 Å². The van der Waals surface area contributed by atoms with Crippen LogP contribution in [0, 0.1) is 45.9 Å². The van der Waals surface area contributed by atoms with Gasteiger partial charge in [-0.05, 0) is 81.1 Å². The smallest absolute Gasteiger partial charge is 0.309 e. The van der Waals surface area contributed by atoms with Crippen molar-refractivity contribution in [3.63, 3.8) is 0 Å². The summed E-state index contributed by atoms with van der Waals surface area (Å²) in [5, 5.41) is 25.2. The van der Waals surface area contributed by atoms with Crippen LogP contribution in [-0.4, -0.2) is 54.1 Å². The number of rotatable bonds is 5. The first-order valence-electron chi connectivity index (χ1n) is 15.0. The Bertz CT molecular complexity index is 1580. The molecule has 0 spiro atoms. The minimum atomic E-state index is -1.99. The van der Waals surface area contributed by atoms with Crippen LogP contribution in [0.3, 0.4) is 0 Å². The minimum absolute atomic E-state index is 0.0301. The Labute approximate surface area is 252 Å². The van der Waals surface area contributed by atoms with Gasteiger partial charge in [-0.15, -0.1) is 0 Å². The van der Waals surface area contributed by atoms with Gasteiger partial charge in [0.05, 0.1) is 47.6 Å². The van der Waals surface area contributed by atoms with E-state index >= 15 is 4.39 Å². The third-order valence-corrected chi connectivity index (χ3v) is 12.3. The molecule has 2 aromatic rings. The molecular formula is C32H34F2N4O4S. The van der Waals surface area contributed by atoms with Gasteiger partial charge in [0.15, 0.2) is 5.60 Å². The van der Waals surface area contributed by atoms with Gasteiger partial charge in [0.25, 0.3) is 0 Å². The van der Waals surface area contributed by atoms with Crippen LogP contribution in [0.2, 0.25) is 0 Å². The molecule has 0 radical (unpaired) electrons. The van der Waals surface area contributed by atoms with E-state index in [1.54, 1.807) is 16.9 Å². The molecule has 11 heteroatoms. The predicted molar refractivity (Wildman–Crippen MR) is 154 cm³/mol. The summed E-state index contributed by atoms with van der Waals surface area (Å²) in [6.45, 7) is 3.77. The number of aliphatic hydroxyl groups excluding tert-OH is 1. The number of alkyl halides is 1. The number of fused-ring (bicyclic) bond motifs is 6. The fraction of sp³-hybridized carbons (Fsp3) is 0.594. The molecule has 4 saturated carbocycles. The Morgan fingerprint density at radius 2 is 2.00 bits per heavy atom. The molecule has 43 heavy (non-hydrogen) atoms. The van der Waals surface area contributed by atoms with Gasteiger partial charge >= 0.3 is 5.97 Å². The number of hydrogen-bond acceptors (Lipinski definition) is 8. The molecule has 0 aliphatic heterocycles. The Morgan fingerprint density at radius 3 is 2.70 bits per heavy atom. The number of hydrogen-bond donors (Lipinski definition) is 1. The Morgan fingerprint density at radius 1 is 1.21 bits per heavy atom. The molecule has 226 valence electrons. The lowest BCUT2D eigenvalue weighted by Gasteiger charge is -2.63. The van der Waals surface area contributed by atoms with Crippen LogP contribution in [0.15, 0.2) is 30.1 Å². The number of aromatic nitrogens is 3. The number of ether oxygens (including phenoxy) is 1. The third kappa shape index (κ3) is 3.88. The van der Waals surface area contributed by atoms with Crippen LogP contribution in [0.4, 0.5) is 8.78 Å². The maximum atomic E-state index is 18.1. The topological polar surface area (TPSA) is 118 Å². The summed E-state index contributed by atoms with van der Waals surface area (Å²) in [6, 6.07) is 4.86. The number of thioether (sulfide) groups is 1. The highest BCUT2D eigenvalue weighted by Crippen LogP contribution is 2.71. The lowest BCUT2D eigenvalue weighted by atomic mass is 9.44. The van der Waals surface area contributed by atoms with E-state index in [-0.39, 0.29) is 35.5 Å². The predicted octanol–water partition coefficient (Wildman–Crippen LogP) is 5.13. The van der Waals surface area contributed by atoms with Gasteiger partial charge in [-0.2, -0.15) is 14.8 Å². The maximum absolute atomic E-state index is 18.1. The summed E-state index contributed by atoms with van der Waals surface area (Å²) in [7, 11) is 0. The summed E-state index contributed by atoms with van der Waals surface area (Å²) in [6.07, 6.45) is 7.23. The number of nitrogens with zero attached hydrogens (tertiary/aromatic N) is 4. The van der Waals surface area contributed by atoms with Crippen LogP contribution >= 0.6 is 11.8 Å². The summed E-state index contributed by atoms with van der Waals surface area (Å²) in [4.78, 5) is 30.6. The fourth-order valence-corrected chi connectivity index (χ4v) is 9.88. The molecule has 7 atom stereocenters. The number of esters is 1. The highest BCUT2D eigenvalue weighted by molar-refractivity contribution is 8.14. The summed E-state index contributed by atoms with van der Waals surface area (Å²) in [5.41, 5.74) is -2.38. The van der Waals surface area contributed by atoms with Gasteiger partial charge in [-0.3, -0.25) is 9.59 Å². The SMILES string of the molecule is CC12CC(O)[C@@]3(F)[C@@H](CCC4=Cc5c(cnn5-c5ccc(F)nc5)C[C@@]43C)[C@@H]1CC[C@]2(OC(=O)C1CC1)C(=O)SCC#N. The van der Waals surface area contributed by atoms with E-state index in [1.165, 1.54) is 12.3 Å². The first kappa shape index (κ1) is 28.7. The second-order valence-electron chi connectivity index (χ2n) is 13.4.